The summed E-state index contributed by atoms with van der Waals surface area (Å²) in [6.45, 7) is 0. The van der Waals surface area contributed by atoms with Gasteiger partial charge in [0.05, 0.1) is 0 Å². The van der Waals surface area contributed by atoms with Crippen molar-refractivity contribution in [2.45, 2.75) is 5.32 Å². The molecule has 0 atom stereocenters. The van der Waals surface area contributed by atoms with E-state index in [0.717, 1.165) is 0 Å². The molecular weight excluding hydrogens is 135 g/mol. The number of carboxylic acids is 1. The number of aliphatic carboxylic acids is 1. The zero-order valence-electron chi connectivity index (χ0n) is 2.47. The SMILES string of the molecule is O=C(O)C[Se-]. The van der Waals surface area contributed by atoms with Crippen LogP contribution in [0.4, 0.5) is 0 Å². The molecule has 0 aromatic heterocycles. The molecule has 0 amide bonds. The average molecular weight is 138 g/mol. The Bertz CT molecular complexity index is 42.9. The number of hydrogen-bond acceptors (Lipinski definition) is 1. The zero-order valence-corrected chi connectivity index (χ0v) is 4.18. The van der Waals surface area contributed by atoms with Crippen LogP contribution in [0.2, 0.25) is 5.32 Å². The van der Waals surface area contributed by atoms with Crippen LogP contribution in [0.5, 0.6) is 0 Å². The molecule has 0 radical (unpaired) electrons. The molecule has 0 unspecified atom stereocenters. The number of rotatable bonds is 1. The van der Waals surface area contributed by atoms with Crippen molar-refractivity contribution in [3.05, 3.63) is 0 Å². The van der Waals surface area contributed by atoms with Crippen LogP contribution in [-0.2, 0) is 4.79 Å². The van der Waals surface area contributed by atoms with Crippen molar-refractivity contribution in [2.75, 3.05) is 0 Å². The van der Waals surface area contributed by atoms with Crippen molar-refractivity contribution in [3.63, 3.8) is 0 Å². The molecule has 0 saturated carbocycles. The van der Waals surface area contributed by atoms with Crippen LogP contribution in [0.1, 0.15) is 0 Å². The summed E-state index contributed by atoms with van der Waals surface area (Å²) in [6, 6.07) is 0. The molecular formula is C2H3O2Se-. The van der Waals surface area contributed by atoms with Crippen molar-refractivity contribution in [3.8, 4) is 0 Å². The quantitative estimate of drug-likeness (QED) is 0.503. The Morgan fingerprint density at radius 2 is 2.20 bits per heavy atom. The third-order valence-corrected chi connectivity index (χ3v) is 0.642. The van der Waals surface area contributed by atoms with Crippen LogP contribution >= 0.6 is 0 Å². The van der Waals surface area contributed by atoms with Gasteiger partial charge in [-0.25, -0.2) is 0 Å². The van der Waals surface area contributed by atoms with Crippen LogP contribution < -0.4 is 0 Å². The van der Waals surface area contributed by atoms with E-state index in [-0.39, 0.29) is 5.32 Å². The average Bonchev–Trinajstić information content (AvgIpc) is 1.38. The van der Waals surface area contributed by atoms with Gasteiger partial charge < -0.3 is 0 Å². The Kier molecular flexibility index (Phi) is 2.24. The van der Waals surface area contributed by atoms with Gasteiger partial charge in [0.15, 0.2) is 0 Å². The zero-order chi connectivity index (χ0) is 4.28. The molecule has 0 fully saturated rings. The van der Waals surface area contributed by atoms with Crippen molar-refractivity contribution in [1.29, 1.82) is 0 Å². The first-order valence-electron chi connectivity index (χ1n) is 1.07. The fourth-order valence-corrected chi connectivity index (χ4v) is 0. The van der Waals surface area contributed by atoms with Gasteiger partial charge in [0.2, 0.25) is 0 Å². The predicted octanol–water partition coefficient (Wildman–Crippen LogP) is -0.342. The van der Waals surface area contributed by atoms with E-state index in [4.69, 9.17) is 5.11 Å². The molecule has 5 heavy (non-hydrogen) atoms. The first-order valence-corrected chi connectivity index (χ1v) is 2.28. The summed E-state index contributed by atoms with van der Waals surface area (Å²) in [5, 5.41) is 7.79. The third kappa shape index (κ3) is 3.99. The molecule has 0 aromatic carbocycles. The molecule has 0 saturated heterocycles. The van der Waals surface area contributed by atoms with Gasteiger partial charge in [-0.05, 0) is 0 Å². The van der Waals surface area contributed by atoms with Gasteiger partial charge in [-0.1, -0.05) is 0 Å². The molecule has 30 valence electrons. The Balaban J connectivity index is 2.85. The molecule has 0 aliphatic carbocycles. The minimum atomic E-state index is -0.801. The van der Waals surface area contributed by atoms with Gasteiger partial charge >= 0.3 is 37.2 Å². The topological polar surface area (TPSA) is 37.3 Å². The van der Waals surface area contributed by atoms with Crippen molar-refractivity contribution >= 4 is 22.0 Å². The van der Waals surface area contributed by atoms with Crippen LogP contribution in [0.3, 0.4) is 0 Å². The summed E-state index contributed by atoms with van der Waals surface area (Å²) >= 11 is 2.34. The first-order chi connectivity index (χ1) is 2.27. The van der Waals surface area contributed by atoms with Gasteiger partial charge in [0, 0.05) is 0 Å². The summed E-state index contributed by atoms with van der Waals surface area (Å²) in [7, 11) is 0. The monoisotopic (exact) mass is 139 g/mol. The molecule has 0 bridgehead atoms. The van der Waals surface area contributed by atoms with Gasteiger partial charge in [-0.15, -0.1) is 0 Å². The summed E-state index contributed by atoms with van der Waals surface area (Å²) in [5.41, 5.74) is 0. The van der Waals surface area contributed by atoms with E-state index in [1.807, 2.05) is 0 Å². The third-order valence-electron chi connectivity index (χ3n) is 0.123. The molecule has 0 spiro atoms. The summed E-state index contributed by atoms with van der Waals surface area (Å²) in [4.78, 5) is 9.34. The van der Waals surface area contributed by atoms with E-state index in [1.165, 1.54) is 0 Å². The maximum absolute atomic E-state index is 9.34. The van der Waals surface area contributed by atoms with Crippen LogP contribution in [-0.4, -0.2) is 27.1 Å². The fraction of sp³-hybridized carbons (Fsp3) is 0.500. The minimum absolute atomic E-state index is 0.0972. The van der Waals surface area contributed by atoms with Crippen LogP contribution in [0.15, 0.2) is 0 Å². The number of hydrogen-bond donors (Lipinski definition) is 1. The Morgan fingerprint density at radius 1 is 2.00 bits per heavy atom. The van der Waals surface area contributed by atoms with E-state index in [0.29, 0.717) is 0 Å². The van der Waals surface area contributed by atoms with Crippen molar-refractivity contribution in [1.82, 2.24) is 0 Å². The fourth-order valence-electron chi connectivity index (χ4n) is 0. The predicted molar refractivity (Wildman–Crippen MR) is 18.2 cm³/mol. The Hall–Kier alpha value is -0.0105. The first kappa shape index (κ1) is 4.99. The summed E-state index contributed by atoms with van der Waals surface area (Å²) < 4.78 is 0. The Morgan fingerprint density at radius 3 is 2.20 bits per heavy atom. The summed E-state index contributed by atoms with van der Waals surface area (Å²) in [5.74, 6) is -0.801. The second-order valence-corrected chi connectivity index (χ2v) is 1.14. The molecule has 0 heterocycles. The standard InChI is InChI=1S/C2H4O2Se/c3-2(4)1-5/h5H,1H2,(H,3,4)/p-1. The molecule has 0 aliphatic rings. The van der Waals surface area contributed by atoms with Crippen molar-refractivity contribution in [2.24, 2.45) is 0 Å². The van der Waals surface area contributed by atoms with E-state index in [1.54, 1.807) is 0 Å². The van der Waals surface area contributed by atoms with Gasteiger partial charge in [-0.2, -0.15) is 0 Å². The molecule has 0 aliphatic heterocycles. The van der Waals surface area contributed by atoms with E-state index < -0.39 is 5.97 Å². The molecule has 0 aromatic rings. The van der Waals surface area contributed by atoms with Gasteiger partial charge in [0.1, 0.15) is 0 Å². The van der Waals surface area contributed by atoms with Crippen LogP contribution in [0, 0.1) is 0 Å². The maximum atomic E-state index is 9.34. The summed E-state index contributed by atoms with van der Waals surface area (Å²) in [6.07, 6.45) is 0. The van der Waals surface area contributed by atoms with E-state index in [2.05, 4.69) is 16.0 Å². The van der Waals surface area contributed by atoms with E-state index >= 15 is 0 Å². The van der Waals surface area contributed by atoms with Crippen LogP contribution in [0.25, 0.3) is 0 Å². The second-order valence-electron chi connectivity index (χ2n) is 0.538. The second kappa shape index (κ2) is 2.24. The molecule has 2 nitrogen and oxygen atoms in total. The number of carboxylic acid groups (broad SMARTS) is 1. The van der Waals surface area contributed by atoms with E-state index in [9.17, 15) is 4.79 Å². The number of carbonyl (C=O) groups is 1. The van der Waals surface area contributed by atoms with Gasteiger partial charge in [0.25, 0.3) is 0 Å². The molecule has 1 N–H and O–H groups in total. The van der Waals surface area contributed by atoms with Crippen molar-refractivity contribution < 1.29 is 9.90 Å². The Labute approximate surface area is 38.0 Å². The molecule has 3 heteroatoms. The molecule has 0 rings (SSSR count). The normalized spacial score (nSPS) is 7.40. The van der Waals surface area contributed by atoms with Gasteiger partial charge in [-0.3, -0.25) is 0 Å².